The van der Waals surface area contributed by atoms with Gasteiger partial charge in [0, 0.05) is 25.6 Å². The number of thioether (sulfide) groups is 1. The van der Waals surface area contributed by atoms with Crippen molar-refractivity contribution >= 4 is 41.5 Å². The Morgan fingerprint density at radius 2 is 1.77 bits per heavy atom. The lowest BCUT2D eigenvalue weighted by atomic mass is 10.0. The van der Waals surface area contributed by atoms with E-state index in [1.165, 1.54) is 23.6 Å². The maximum absolute atomic E-state index is 13.7. The molecule has 0 spiro atoms. The molecule has 0 bridgehead atoms. The SMILES string of the molecule is CCOC(=O)[C@@H]1CCCN1C(=O)[C@@H](Cc1ccccc1)NC(=O)[C@H](CSCNC(C)=O)NC(=O)OC(C)(C)C. The van der Waals surface area contributed by atoms with Crippen molar-refractivity contribution in [3.05, 3.63) is 35.9 Å². The molecule has 2 rings (SSSR count). The van der Waals surface area contributed by atoms with Gasteiger partial charge in [-0.1, -0.05) is 30.3 Å². The Morgan fingerprint density at radius 1 is 1.08 bits per heavy atom. The second-order valence-electron chi connectivity index (χ2n) is 10.1. The molecule has 1 aliphatic rings. The first-order chi connectivity index (χ1) is 18.4. The molecule has 0 radical (unpaired) electrons. The molecular weight excluding hydrogens is 524 g/mol. The molecule has 0 unspecified atom stereocenters. The lowest BCUT2D eigenvalue weighted by molar-refractivity contribution is -0.153. The van der Waals surface area contributed by atoms with Crippen LogP contribution in [0.5, 0.6) is 0 Å². The molecule has 1 aliphatic heterocycles. The molecule has 1 fully saturated rings. The largest absolute Gasteiger partial charge is 0.464 e. The summed E-state index contributed by atoms with van der Waals surface area (Å²) in [5, 5.41) is 8.01. The van der Waals surface area contributed by atoms with Crippen LogP contribution < -0.4 is 16.0 Å². The highest BCUT2D eigenvalue weighted by molar-refractivity contribution is 7.99. The van der Waals surface area contributed by atoms with E-state index in [0.717, 1.165) is 5.56 Å². The molecule has 3 N–H and O–H groups in total. The molecule has 3 atom stereocenters. The predicted molar refractivity (Wildman–Crippen MR) is 148 cm³/mol. The minimum absolute atomic E-state index is 0.118. The summed E-state index contributed by atoms with van der Waals surface area (Å²) in [5.41, 5.74) is 0.0395. The number of hydrogen-bond acceptors (Lipinski definition) is 8. The molecule has 0 aliphatic carbocycles. The number of ether oxygens (including phenoxy) is 2. The van der Waals surface area contributed by atoms with Crippen LogP contribution in [0.15, 0.2) is 30.3 Å². The Bertz CT molecular complexity index is 1000. The lowest BCUT2D eigenvalue weighted by Crippen LogP contribution is -2.57. The van der Waals surface area contributed by atoms with Gasteiger partial charge in [-0.2, -0.15) is 0 Å². The number of benzene rings is 1. The van der Waals surface area contributed by atoms with E-state index in [1.807, 2.05) is 30.3 Å². The van der Waals surface area contributed by atoms with E-state index < -0.39 is 47.6 Å². The van der Waals surface area contributed by atoms with Crippen LogP contribution in [0.25, 0.3) is 0 Å². The smallest absolute Gasteiger partial charge is 0.408 e. The minimum Gasteiger partial charge on any atom is -0.464 e. The van der Waals surface area contributed by atoms with Crippen molar-refractivity contribution in [3.8, 4) is 0 Å². The lowest BCUT2D eigenvalue weighted by Gasteiger charge is -2.29. The van der Waals surface area contributed by atoms with E-state index in [0.29, 0.717) is 19.4 Å². The fourth-order valence-corrected chi connectivity index (χ4v) is 4.89. The van der Waals surface area contributed by atoms with E-state index in [4.69, 9.17) is 9.47 Å². The third kappa shape index (κ3) is 11.2. The van der Waals surface area contributed by atoms with Gasteiger partial charge >= 0.3 is 12.1 Å². The number of rotatable bonds is 12. The van der Waals surface area contributed by atoms with Crippen LogP contribution in [-0.4, -0.2) is 83.2 Å². The second kappa shape index (κ2) is 15.3. The molecular formula is C27H40N4O7S. The van der Waals surface area contributed by atoms with E-state index in [1.54, 1.807) is 27.7 Å². The fourth-order valence-electron chi connectivity index (χ4n) is 4.00. The third-order valence-corrected chi connectivity index (χ3v) is 6.62. The second-order valence-corrected chi connectivity index (χ2v) is 11.2. The highest BCUT2D eigenvalue weighted by Crippen LogP contribution is 2.21. The normalized spacial score (nSPS) is 16.5. The standard InChI is InChI=1S/C27H40N4O7S/c1-6-37-25(35)22-13-10-14-31(22)24(34)20(15-19-11-8-7-9-12-19)29-23(33)21(16-39-17-28-18(2)32)30-26(36)38-27(3,4)5/h7-9,11-12,20-22H,6,10,13-17H2,1-5H3,(H,28,32)(H,29,33)(H,30,36)/t20-,21+,22+/m1/s1. The Balaban J connectivity index is 2.25. The molecule has 1 heterocycles. The van der Waals surface area contributed by atoms with Crippen LogP contribution >= 0.6 is 11.8 Å². The van der Waals surface area contributed by atoms with Crippen LogP contribution in [0.1, 0.15) is 53.0 Å². The number of carbonyl (C=O) groups excluding carboxylic acids is 5. The first kappa shape index (κ1) is 31.9. The quantitative estimate of drug-likeness (QED) is 0.199. The maximum atomic E-state index is 13.7. The Hall–Kier alpha value is -3.28. The average molecular weight is 565 g/mol. The van der Waals surface area contributed by atoms with E-state index >= 15 is 0 Å². The number of nitrogens with zero attached hydrogens (tertiary/aromatic N) is 1. The monoisotopic (exact) mass is 564 g/mol. The van der Waals surface area contributed by atoms with Gasteiger partial charge in [0.2, 0.25) is 17.7 Å². The maximum Gasteiger partial charge on any atom is 0.408 e. The number of nitrogens with one attached hydrogen (secondary N) is 3. The zero-order valence-corrected chi connectivity index (χ0v) is 24.1. The Morgan fingerprint density at radius 3 is 2.38 bits per heavy atom. The van der Waals surface area contributed by atoms with Crippen LogP contribution in [0, 0.1) is 0 Å². The molecule has 1 saturated heterocycles. The van der Waals surface area contributed by atoms with Crippen molar-refractivity contribution in [1.29, 1.82) is 0 Å². The molecule has 11 nitrogen and oxygen atoms in total. The Labute approximate surface area is 234 Å². The molecule has 1 aromatic rings. The van der Waals surface area contributed by atoms with Crippen molar-refractivity contribution in [3.63, 3.8) is 0 Å². The molecule has 1 aromatic carbocycles. The molecule has 216 valence electrons. The summed E-state index contributed by atoms with van der Waals surface area (Å²) in [5.74, 6) is -1.32. The Kier molecular flexibility index (Phi) is 12.6. The average Bonchev–Trinajstić information content (AvgIpc) is 3.34. The summed E-state index contributed by atoms with van der Waals surface area (Å²) in [7, 11) is 0. The fraction of sp³-hybridized carbons (Fsp3) is 0.593. The van der Waals surface area contributed by atoms with Gasteiger partial charge in [0.15, 0.2) is 0 Å². The number of likely N-dealkylation sites (tertiary alicyclic amines) is 1. The van der Waals surface area contributed by atoms with Crippen molar-refractivity contribution in [2.45, 2.75) is 77.6 Å². The van der Waals surface area contributed by atoms with Crippen molar-refractivity contribution in [1.82, 2.24) is 20.9 Å². The van der Waals surface area contributed by atoms with Crippen molar-refractivity contribution in [2.75, 3.05) is 24.8 Å². The van der Waals surface area contributed by atoms with Crippen LogP contribution in [0.2, 0.25) is 0 Å². The molecule has 4 amide bonds. The summed E-state index contributed by atoms with van der Waals surface area (Å²) in [6.45, 7) is 8.78. The van der Waals surface area contributed by atoms with E-state index in [2.05, 4.69) is 16.0 Å². The van der Waals surface area contributed by atoms with Crippen molar-refractivity contribution < 1.29 is 33.4 Å². The summed E-state index contributed by atoms with van der Waals surface area (Å²) in [6, 6.07) is 6.46. The van der Waals surface area contributed by atoms with Crippen LogP contribution in [0.3, 0.4) is 0 Å². The molecule has 0 saturated carbocycles. The molecule has 0 aromatic heterocycles. The van der Waals surface area contributed by atoms with Crippen LogP contribution in [0.4, 0.5) is 4.79 Å². The summed E-state index contributed by atoms with van der Waals surface area (Å²) >= 11 is 1.23. The van der Waals surface area contributed by atoms with Gasteiger partial charge in [0.25, 0.3) is 0 Å². The predicted octanol–water partition coefficient (Wildman–Crippen LogP) is 1.99. The highest BCUT2D eigenvalue weighted by Gasteiger charge is 2.39. The van der Waals surface area contributed by atoms with Gasteiger partial charge < -0.3 is 30.3 Å². The van der Waals surface area contributed by atoms with Gasteiger partial charge in [-0.05, 0) is 46.1 Å². The van der Waals surface area contributed by atoms with E-state index in [-0.39, 0.29) is 30.6 Å². The number of carbonyl (C=O) groups is 5. The molecule has 39 heavy (non-hydrogen) atoms. The summed E-state index contributed by atoms with van der Waals surface area (Å²) in [4.78, 5) is 64.9. The number of hydrogen-bond donors (Lipinski definition) is 3. The van der Waals surface area contributed by atoms with Gasteiger partial charge in [0.05, 0.1) is 12.5 Å². The van der Waals surface area contributed by atoms with Gasteiger partial charge in [0.1, 0.15) is 23.7 Å². The van der Waals surface area contributed by atoms with Gasteiger partial charge in [-0.3, -0.25) is 14.4 Å². The van der Waals surface area contributed by atoms with E-state index in [9.17, 15) is 24.0 Å². The molecule has 12 heteroatoms. The third-order valence-electron chi connectivity index (χ3n) is 5.71. The zero-order chi connectivity index (χ0) is 29.0. The van der Waals surface area contributed by atoms with Gasteiger partial charge in [-0.25, -0.2) is 9.59 Å². The van der Waals surface area contributed by atoms with Crippen molar-refractivity contribution in [2.24, 2.45) is 0 Å². The number of esters is 1. The first-order valence-electron chi connectivity index (χ1n) is 13.0. The number of amides is 4. The highest BCUT2D eigenvalue weighted by atomic mass is 32.2. The van der Waals surface area contributed by atoms with Crippen LogP contribution in [-0.2, 0) is 35.1 Å². The zero-order valence-electron chi connectivity index (χ0n) is 23.3. The topological polar surface area (TPSA) is 143 Å². The first-order valence-corrected chi connectivity index (χ1v) is 14.2. The van der Waals surface area contributed by atoms with Gasteiger partial charge in [-0.15, -0.1) is 11.8 Å². The summed E-state index contributed by atoms with van der Waals surface area (Å²) < 4.78 is 10.5. The summed E-state index contributed by atoms with van der Waals surface area (Å²) in [6.07, 6.45) is 0.536. The minimum atomic E-state index is -1.05. The number of alkyl carbamates (subject to hydrolysis) is 1.